The zero-order valence-electron chi connectivity index (χ0n) is 16.8. The number of rotatable bonds is 7. The van der Waals surface area contributed by atoms with E-state index in [0.29, 0.717) is 23.9 Å². The van der Waals surface area contributed by atoms with Crippen molar-refractivity contribution in [1.29, 1.82) is 0 Å². The van der Waals surface area contributed by atoms with Gasteiger partial charge >= 0.3 is 0 Å². The first kappa shape index (κ1) is 19.7. The van der Waals surface area contributed by atoms with Gasteiger partial charge in [-0.3, -0.25) is 4.79 Å². The Labute approximate surface area is 166 Å². The van der Waals surface area contributed by atoms with Gasteiger partial charge in [-0.2, -0.15) is 0 Å². The number of ether oxygens (including phenoxy) is 2. The van der Waals surface area contributed by atoms with Crippen molar-refractivity contribution in [1.82, 2.24) is 5.32 Å². The van der Waals surface area contributed by atoms with Crippen LogP contribution in [0.1, 0.15) is 42.9 Å². The van der Waals surface area contributed by atoms with Gasteiger partial charge in [0, 0.05) is 12.0 Å². The van der Waals surface area contributed by atoms with Crippen molar-refractivity contribution in [2.75, 3.05) is 14.2 Å². The van der Waals surface area contributed by atoms with Crippen molar-refractivity contribution in [3.63, 3.8) is 0 Å². The molecular weight excluding hydrogens is 352 g/mol. The van der Waals surface area contributed by atoms with Gasteiger partial charge in [-0.15, -0.1) is 0 Å². The molecule has 146 valence electrons. The van der Waals surface area contributed by atoms with E-state index in [1.54, 1.807) is 20.3 Å². The summed E-state index contributed by atoms with van der Waals surface area (Å²) in [5, 5.41) is 2.87. The first-order chi connectivity index (χ1) is 13.5. The van der Waals surface area contributed by atoms with Crippen LogP contribution in [0.4, 0.5) is 0 Å². The van der Waals surface area contributed by atoms with E-state index in [9.17, 15) is 4.79 Å². The zero-order chi connectivity index (χ0) is 20.1. The van der Waals surface area contributed by atoms with Gasteiger partial charge in [-0.05, 0) is 53.8 Å². The van der Waals surface area contributed by atoms with Crippen LogP contribution in [0.5, 0.6) is 11.5 Å². The van der Waals surface area contributed by atoms with Gasteiger partial charge in [0.15, 0.2) is 0 Å². The SMILES string of the molecule is COc1cccc(CCC2=N/C(=C\c3cc(C(C)C)ccc3OC)C(=O)N2)c1. The molecule has 5 nitrogen and oxygen atoms in total. The summed E-state index contributed by atoms with van der Waals surface area (Å²) in [6.45, 7) is 4.27. The van der Waals surface area contributed by atoms with Crippen LogP contribution in [0, 0.1) is 0 Å². The molecule has 0 saturated carbocycles. The number of aliphatic imine (C=N–C) groups is 1. The molecule has 2 aromatic rings. The van der Waals surface area contributed by atoms with Gasteiger partial charge in [0.1, 0.15) is 23.0 Å². The van der Waals surface area contributed by atoms with Crippen molar-refractivity contribution in [2.24, 2.45) is 4.99 Å². The van der Waals surface area contributed by atoms with E-state index in [1.165, 1.54) is 5.56 Å². The number of nitrogens with zero attached hydrogens (tertiary/aromatic N) is 1. The summed E-state index contributed by atoms with van der Waals surface area (Å²) in [6.07, 6.45) is 3.22. The lowest BCUT2D eigenvalue weighted by molar-refractivity contribution is -0.115. The molecule has 1 heterocycles. The van der Waals surface area contributed by atoms with Crippen LogP contribution in [0.2, 0.25) is 0 Å². The van der Waals surface area contributed by atoms with Crippen molar-refractivity contribution >= 4 is 17.8 Å². The molecule has 0 aliphatic carbocycles. The largest absolute Gasteiger partial charge is 0.497 e. The maximum Gasteiger partial charge on any atom is 0.275 e. The van der Waals surface area contributed by atoms with Crippen molar-refractivity contribution in [3.05, 3.63) is 64.9 Å². The highest BCUT2D eigenvalue weighted by Gasteiger charge is 2.20. The number of carbonyl (C=O) groups is 1. The van der Waals surface area contributed by atoms with E-state index < -0.39 is 0 Å². The molecule has 0 bridgehead atoms. The summed E-state index contributed by atoms with van der Waals surface area (Å²) in [5.41, 5.74) is 3.59. The number of hydrogen-bond donors (Lipinski definition) is 1. The van der Waals surface area contributed by atoms with Crippen LogP contribution in [0.15, 0.2) is 53.2 Å². The summed E-state index contributed by atoms with van der Waals surface area (Å²) in [5.74, 6) is 2.44. The van der Waals surface area contributed by atoms with Crippen LogP contribution in [0.25, 0.3) is 6.08 Å². The third-order valence-electron chi connectivity index (χ3n) is 4.74. The monoisotopic (exact) mass is 378 g/mol. The van der Waals surface area contributed by atoms with Crippen molar-refractivity contribution in [3.8, 4) is 11.5 Å². The second-order valence-corrected chi connectivity index (χ2v) is 7.05. The van der Waals surface area contributed by atoms with Gasteiger partial charge in [-0.25, -0.2) is 4.99 Å². The number of aryl methyl sites for hydroxylation is 1. The van der Waals surface area contributed by atoms with E-state index in [4.69, 9.17) is 9.47 Å². The molecule has 0 radical (unpaired) electrons. The van der Waals surface area contributed by atoms with E-state index >= 15 is 0 Å². The molecule has 1 amide bonds. The molecule has 0 fully saturated rings. The molecule has 0 saturated heterocycles. The summed E-state index contributed by atoms with van der Waals surface area (Å²) in [7, 11) is 3.28. The Balaban J connectivity index is 1.78. The molecule has 0 unspecified atom stereocenters. The number of hydrogen-bond acceptors (Lipinski definition) is 4. The third-order valence-corrected chi connectivity index (χ3v) is 4.74. The smallest absolute Gasteiger partial charge is 0.275 e. The lowest BCUT2D eigenvalue weighted by Gasteiger charge is -2.10. The number of carbonyl (C=O) groups excluding carboxylic acids is 1. The molecule has 28 heavy (non-hydrogen) atoms. The van der Waals surface area contributed by atoms with Gasteiger partial charge in [0.25, 0.3) is 5.91 Å². The Morgan fingerprint density at radius 1 is 1.07 bits per heavy atom. The van der Waals surface area contributed by atoms with E-state index in [2.05, 4.69) is 24.2 Å². The number of amidine groups is 1. The molecule has 1 aliphatic rings. The Morgan fingerprint density at radius 2 is 1.89 bits per heavy atom. The number of nitrogens with one attached hydrogen (secondary N) is 1. The molecular formula is C23H26N2O3. The maximum atomic E-state index is 12.4. The fraction of sp³-hybridized carbons (Fsp3) is 0.304. The van der Waals surface area contributed by atoms with Gasteiger partial charge in [0.2, 0.25) is 0 Å². The Hall–Kier alpha value is -3.08. The number of amides is 1. The van der Waals surface area contributed by atoms with Crippen LogP contribution < -0.4 is 14.8 Å². The summed E-state index contributed by atoms with van der Waals surface area (Å²) in [4.78, 5) is 16.9. The standard InChI is InChI=1S/C23H26N2O3/c1-15(2)17-9-10-21(28-4)18(13-17)14-20-23(26)25-22(24-20)11-8-16-6-5-7-19(12-16)27-3/h5-7,9-10,12-15H,8,11H2,1-4H3,(H,24,25,26)/b20-14-. The minimum atomic E-state index is -0.183. The number of methoxy groups -OCH3 is 2. The molecule has 2 aromatic carbocycles. The molecule has 5 heteroatoms. The van der Waals surface area contributed by atoms with Crippen LogP contribution in [0.3, 0.4) is 0 Å². The normalized spacial score (nSPS) is 15.0. The predicted octanol–water partition coefficient (Wildman–Crippen LogP) is 4.33. The van der Waals surface area contributed by atoms with E-state index in [-0.39, 0.29) is 5.91 Å². The van der Waals surface area contributed by atoms with E-state index in [0.717, 1.165) is 29.0 Å². The van der Waals surface area contributed by atoms with Crippen LogP contribution in [-0.4, -0.2) is 26.0 Å². The van der Waals surface area contributed by atoms with Gasteiger partial charge in [-0.1, -0.05) is 32.0 Å². The summed E-state index contributed by atoms with van der Waals surface area (Å²) < 4.78 is 10.7. The minimum Gasteiger partial charge on any atom is -0.497 e. The summed E-state index contributed by atoms with van der Waals surface area (Å²) in [6, 6.07) is 13.9. The lowest BCUT2D eigenvalue weighted by atomic mass is 10.00. The molecule has 3 rings (SSSR count). The molecule has 1 N–H and O–H groups in total. The Kier molecular flexibility index (Phi) is 6.14. The number of benzene rings is 2. The zero-order valence-corrected chi connectivity index (χ0v) is 16.8. The average Bonchev–Trinajstić information content (AvgIpc) is 3.05. The van der Waals surface area contributed by atoms with E-state index in [1.807, 2.05) is 42.5 Å². The molecule has 0 spiro atoms. The van der Waals surface area contributed by atoms with Crippen LogP contribution in [-0.2, 0) is 11.2 Å². The average molecular weight is 378 g/mol. The fourth-order valence-corrected chi connectivity index (χ4v) is 3.10. The van der Waals surface area contributed by atoms with Crippen molar-refractivity contribution < 1.29 is 14.3 Å². The second kappa shape index (κ2) is 8.74. The lowest BCUT2D eigenvalue weighted by Crippen LogP contribution is -2.24. The molecule has 1 aliphatic heterocycles. The summed E-state index contributed by atoms with van der Waals surface area (Å²) >= 11 is 0. The van der Waals surface area contributed by atoms with Gasteiger partial charge in [0.05, 0.1) is 14.2 Å². The highest BCUT2D eigenvalue weighted by Crippen LogP contribution is 2.27. The first-order valence-corrected chi connectivity index (χ1v) is 9.41. The quantitative estimate of drug-likeness (QED) is 0.730. The van der Waals surface area contributed by atoms with Crippen LogP contribution >= 0.6 is 0 Å². The highest BCUT2D eigenvalue weighted by atomic mass is 16.5. The molecule has 0 atom stereocenters. The molecule has 0 aromatic heterocycles. The second-order valence-electron chi connectivity index (χ2n) is 7.05. The Morgan fingerprint density at radius 3 is 2.61 bits per heavy atom. The topological polar surface area (TPSA) is 59.9 Å². The third kappa shape index (κ3) is 4.60. The predicted molar refractivity (Wildman–Crippen MR) is 112 cm³/mol. The van der Waals surface area contributed by atoms with Gasteiger partial charge < -0.3 is 14.8 Å². The Bertz CT molecular complexity index is 929. The highest BCUT2D eigenvalue weighted by molar-refractivity contribution is 6.14. The maximum absolute atomic E-state index is 12.4. The minimum absolute atomic E-state index is 0.183. The first-order valence-electron chi connectivity index (χ1n) is 9.41. The fourth-order valence-electron chi connectivity index (χ4n) is 3.10. The van der Waals surface area contributed by atoms with Crippen molar-refractivity contribution in [2.45, 2.75) is 32.6 Å².